The van der Waals surface area contributed by atoms with Crippen molar-refractivity contribution in [2.24, 2.45) is 0 Å². The Morgan fingerprint density at radius 2 is 1.29 bits per heavy atom. The fourth-order valence-electron chi connectivity index (χ4n) is 1.72. The van der Waals surface area contributed by atoms with Crippen molar-refractivity contribution in [1.82, 2.24) is 0 Å². The second-order valence-corrected chi connectivity index (χ2v) is 4.63. The second-order valence-electron chi connectivity index (χ2n) is 4.63. The highest BCUT2D eigenvalue weighted by Crippen LogP contribution is 2.09. The predicted molar refractivity (Wildman–Crippen MR) is 88.5 cm³/mol. The molecule has 0 heterocycles. The molecule has 0 aliphatic carbocycles. The first-order valence-electron chi connectivity index (χ1n) is 7.58. The predicted octanol–water partition coefficient (Wildman–Crippen LogP) is 3.10. The Labute approximate surface area is 141 Å². The normalized spacial score (nSPS) is 9.67. The molecule has 0 radical (unpaired) electrons. The Bertz CT molecular complexity index is 507. The summed E-state index contributed by atoms with van der Waals surface area (Å²) in [7, 11) is 0. The Hall–Kier alpha value is -2.76. The fourth-order valence-corrected chi connectivity index (χ4v) is 1.72. The quantitative estimate of drug-likeness (QED) is 0.332. The van der Waals surface area contributed by atoms with E-state index < -0.39 is 11.9 Å². The third-order valence-corrected chi connectivity index (χ3v) is 2.85. The number of benzene rings is 1. The smallest absolute Gasteiger partial charge is 0.338 e. The molecular weight excluding hydrogens is 312 g/mol. The van der Waals surface area contributed by atoms with Gasteiger partial charge in [0.2, 0.25) is 0 Å². The van der Waals surface area contributed by atoms with E-state index in [0.29, 0.717) is 37.2 Å². The first-order chi connectivity index (χ1) is 11.7. The lowest BCUT2D eigenvalue weighted by molar-refractivity contribution is 0.0477. The van der Waals surface area contributed by atoms with Crippen molar-refractivity contribution in [2.75, 3.05) is 26.4 Å². The van der Waals surface area contributed by atoms with Gasteiger partial charge in [-0.1, -0.05) is 19.2 Å². The molecular formula is C18H22O6. The van der Waals surface area contributed by atoms with Crippen LogP contribution in [0.4, 0.5) is 0 Å². The van der Waals surface area contributed by atoms with Crippen molar-refractivity contribution in [3.63, 3.8) is 0 Å². The molecule has 0 amide bonds. The third kappa shape index (κ3) is 7.49. The summed E-state index contributed by atoms with van der Waals surface area (Å²) in [6.07, 6.45) is 3.79. The Balaban J connectivity index is 2.43. The molecule has 1 aromatic rings. The van der Waals surface area contributed by atoms with E-state index in [1.807, 2.05) is 0 Å². The summed E-state index contributed by atoms with van der Waals surface area (Å²) in [5, 5.41) is 0. The van der Waals surface area contributed by atoms with Crippen LogP contribution in [0.1, 0.15) is 33.6 Å². The Morgan fingerprint density at radius 3 is 1.71 bits per heavy atom. The van der Waals surface area contributed by atoms with Gasteiger partial charge in [0, 0.05) is 12.8 Å². The zero-order valence-electron chi connectivity index (χ0n) is 13.6. The largest absolute Gasteiger partial charge is 0.502 e. The van der Waals surface area contributed by atoms with E-state index in [1.54, 1.807) is 18.2 Å². The molecule has 0 bridgehead atoms. The Kier molecular flexibility index (Phi) is 9.45. The van der Waals surface area contributed by atoms with Gasteiger partial charge < -0.3 is 18.9 Å². The summed E-state index contributed by atoms with van der Waals surface area (Å²) in [6, 6.07) is 6.22. The molecule has 0 aromatic heterocycles. The topological polar surface area (TPSA) is 71.1 Å². The van der Waals surface area contributed by atoms with Gasteiger partial charge >= 0.3 is 11.9 Å². The van der Waals surface area contributed by atoms with Crippen molar-refractivity contribution >= 4 is 11.9 Å². The highest BCUT2D eigenvalue weighted by atomic mass is 16.5. The lowest BCUT2D eigenvalue weighted by Gasteiger charge is -2.07. The average Bonchev–Trinajstić information content (AvgIpc) is 2.61. The van der Waals surface area contributed by atoms with Crippen LogP contribution in [0.5, 0.6) is 0 Å². The zero-order chi connectivity index (χ0) is 17.6. The van der Waals surface area contributed by atoms with Crippen LogP contribution in [0, 0.1) is 0 Å². The van der Waals surface area contributed by atoms with E-state index in [4.69, 9.17) is 18.9 Å². The molecule has 1 aromatic carbocycles. The number of hydrogen-bond donors (Lipinski definition) is 0. The molecule has 0 atom stereocenters. The van der Waals surface area contributed by atoms with Crippen LogP contribution < -0.4 is 0 Å². The highest BCUT2D eigenvalue weighted by Gasteiger charge is 2.12. The van der Waals surface area contributed by atoms with Crippen molar-refractivity contribution in [1.29, 1.82) is 0 Å². The second kappa shape index (κ2) is 11.8. The van der Waals surface area contributed by atoms with E-state index >= 15 is 0 Å². The SMILES string of the molecule is C=COCCCOC(=O)c1cccc(C(=O)OCCCOC=C)c1. The van der Waals surface area contributed by atoms with Gasteiger partial charge in [0.15, 0.2) is 0 Å². The number of hydrogen-bond acceptors (Lipinski definition) is 6. The molecule has 0 saturated carbocycles. The molecule has 0 N–H and O–H groups in total. The van der Waals surface area contributed by atoms with Crippen molar-refractivity contribution < 1.29 is 28.5 Å². The van der Waals surface area contributed by atoms with E-state index in [-0.39, 0.29) is 13.2 Å². The molecule has 0 spiro atoms. The van der Waals surface area contributed by atoms with Gasteiger partial charge in [-0.2, -0.15) is 0 Å². The van der Waals surface area contributed by atoms with Crippen molar-refractivity contribution in [3.8, 4) is 0 Å². The van der Waals surface area contributed by atoms with Crippen LogP contribution in [-0.4, -0.2) is 38.4 Å². The number of rotatable bonds is 12. The molecule has 130 valence electrons. The molecule has 6 heteroatoms. The molecule has 0 aliphatic heterocycles. The van der Waals surface area contributed by atoms with Crippen LogP contribution in [0.2, 0.25) is 0 Å². The molecule has 0 unspecified atom stereocenters. The van der Waals surface area contributed by atoms with Crippen molar-refractivity contribution in [2.45, 2.75) is 12.8 Å². The first-order valence-corrected chi connectivity index (χ1v) is 7.58. The van der Waals surface area contributed by atoms with Crippen LogP contribution >= 0.6 is 0 Å². The van der Waals surface area contributed by atoms with Crippen LogP contribution in [0.3, 0.4) is 0 Å². The highest BCUT2D eigenvalue weighted by molar-refractivity contribution is 5.95. The van der Waals surface area contributed by atoms with E-state index in [1.165, 1.54) is 18.6 Å². The van der Waals surface area contributed by atoms with Crippen LogP contribution in [-0.2, 0) is 18.9 Å². The summed E-state index contributed by atoms with van der Waals surface area (Å²) in [6.45, 7) is 8.15. The first kappa shape index (κ1) is 19.3. The molecule has 0 fully saturated rings. The Morgan fingerprint density at radius 1 is 0.833 bits per heavy atom. The monoisotopic (exact) mass is 334 g/mol. The van der Waals surface area contributed by atoms with Crippen LogP contribution in [0.15, 0.2) is 49.9 Å². The lowest BCUT2D eigenvalue weighted by Crippen LogP contribution is -2.11. The molecule has 6 nitrogen and oxygen atoms in total. The minimum atomic E-state index is -0.498. The summed E-state index contributed by atoms with van der Waals surface area (Å²) >= 11 is 0. The summed E-state index contributed by atoms with van der Waals surface area (Å²) in [5.74, 6) is -0.995. The molecule has 0 aliphatic rings. The minimum Gasteiger partial charge on any atom is -0.502 e. The number of ether oxygens (including phenoxy) is 4. The molecule has 24 heavy (non-hydrogen) atoms. The lowest BCUT2D eigenvalue weighted by atomic mass is 10.1. The van der Waals surface area contributed by atoms with E-state index in [9.17, 15) is 9.59 Å². The van der Waals surface area contributed by atoms with E-state index in [0.717, 1.165) is 0 Å². The van der Waals surface area contributed by atoms with E-state index in [2.05, 4.69) is 13.2 Å². The number of carbonyl (C=O) groups excluding carboxylic acids is 2. The van der Waals surface area contributed by atoms with Crippen molar-refractivity contribution in [3.05, 3.63) is 61.1 Å². The average molecular weight is 334 g/mol. The number of esters is 2. The standard InChI is InChI=1S/C18H22O6/c1-3-21-10-6-12-23-17(19)15-8-5-9-16(14-15)18(20)24-13-7-11-22-4-2/h3-5,8-9,14H,1-2,6-7,10-13H2. The maximum absolute atomic E-state index is 11.9. The third-order valence-electron chi connectivity index (χ3n) is 2.85. The summed E-state index contributed by atoms with van der Waals surface area (Å²) in [4.78, 5) is 23.8. The summed E-state index contributed by atoms with van der Waals surface area (Å²) < 4.78 is 20.1. The minimum absolute atomic E-state index is 0.227. The van der Waals surface area contributed by atoms with Gasteiger partial charge in [0.05, 0.1) is 50.1 Å². The van der Waals surface area contributed by atoms with Gasteiger partial charge in [-0.05, 0) is 18.2 Å². The van der Waals surface area contributed by atoms with Gasteiger partial charge in [-0.15, -0.1) is 0 Å². The van der Waals surface area contributed by atoms with Crippen LogP contribution in [0.25, 0.3) is 0 Å². The zero-order valence-corrected chi connectivity index (χ0v) is 13.6. The fraction of sp³-hybridized carbons (Fsp3) is 0.333. The van der Waals surface area contributed by atoms with Gasteiger partial charge in [-0.3, -0.25) is 0 Å². The maximum Gasteiger partial charge on any atom is 0.338 e. The number of carbonyl (C=O) groups is 2. The van der Waals surface area contributed by atoms with Gasteiger partial charge in [0.25, 0.3) is 0 Å². The molecule has 1 rings (SSSR count). The van der Waals surface area contributed by atoms with Gasteiger partial charge in [-0.25, -0.2) is 9.59 Å². The van der Waals surface area contributed by atoms with Gasteiger partial charge in [0.1, 0.15) is 0 Å². The summed E-state index contributed by atoms with van der Waals surface area (Å²) in [5.41, 5.74) is 0.591. The maximum atomic E-state index is 11.9. The molecule has 0 saturated heterocycles.